The first-order valence-electron chi connectivity index (χ1n) is 10.4. The lowest BCUT2D eigenvalue weighted by atomic mass is 10.1. The highest BCUT2D eigenvalue weighted by molar-refractivity contribution is 7.07. The zero-order chi connectivity index (χ0) is 23.5. The van der Waals surface area contributed by atoms with Crippen molar-refractivity contribution in [1.82, 2.24) is 4.68 Å². The summed E-state index contributed by atoms with van der Waals surface area (Å²) in [6, 6.07) is 25.1. The molecule has 0 aliphatic heterocycles. The molecule has 0 aliphatic rings. The molecule has 5 rings (SSSR count). The number of carbonyl (C=O) groups is 1. The van der Waals surface area contributed by atoms with Crippen LogP contribution in [0.3, 0.4) is 0 Å². The second-order valence-electron chi connectivity index (χ2n) is 7.34. The van der Waals surface area contributed by atoms with Crippen LogP contribution in [0.25, 0.3) is 22.2 Å². The Labute approximate surface area is 198 Å². The molecule has 0 radical (unpaired) electrons. The standard InChI is InChI=1S/C26H19N3O4S/c1-32-20-13-11-19(12-14-20)27-26-29(28-24(30)17-7-3-2-4-8-17)22(16-34-26)21-15-18-9-5-6-10-23(18)33-25(21)31/h2-16H,1H3,(H,28,30). The van der Waals surface area contributed by atoms with Gasteiger partial charge in [-0.2, -0.15) is 0 Å². The Morgan fingerprint density at radius 2 is 1.74 bits per heavy atom. The molecule has 3 aromatic carbocycles. The number of thiazole rings is 1. The molecule has 34 heavy (non-hydrogen) atoms. The molecule has 0 saturated heterocycles. The molecule has 2 heterocycles. The average molecular weight is 470 g/mol. The number of para-hydroxylation sites is 1. The van der Waals surface area contributed by atoms with E-state index in [0.717, 1.165) is 5.39 Å². The number of nitrogens with zero attached hydrogens (tertiary/aromatic N) is 2. The van der Waals surface area contributed by atoms with Gasteiger partial charge >= 0.3 is 5.63 Å². The smallest absolute Gasteiger partial charge is 0.345 e. The Morgan fingerprint density at radius 1 is 1.00 bits per heavy atom. The van der Waals surface area contributed by atoms with Crippen LogP contribution in [0.5, 0.6) is 5.75 Å². The van der Waals surface area contributed by atoms with E-state index < -0.39 is 5.63 Å². The van der Waals surface area contributed by atoms with Crippen LogP contribution < -0.4 is 20.6 Å². The summed E-state index contributed by atoms with van der Waals surface area (Å²) < 4.78 is 12.3. The van der Waals surface area contributed by atoms with Gasteiger partial charge in [-0.25, -0.2) is 14.5 Å². The fourth-order valence-electron chi connectivity index (χ4n) is 3.45. The highest BCUT2D eigenvalue weighted by atomic mass is 32.1. The van der Waals surface area contributed by atoms with Gasteiger partial charge in [0.2, 0.25) is 4.80 Å². The molecule has 7 nitrogen and oxygen atoms in total. The van der Waals surface area contributed by atoms with Gasteiger partial charge in [0.15, 0.2) is 0 Å². The van der Waals surface area contributed by atoms with Crippen LogP contribution in [0.2, 0.25) is 0 Å². The zero-order valence-electron chi connectivity index (χ0n) is 18.1. The fraction of sp³-hybridized carbons (Fsp3) is 0.0385. The largest absolute Gasteiger partial charge is 0.497 e. The minimum absolute atomic E-state index is 0.319. The third-order valence-corrected chi connectivity index (χ3v) is 6.00. The van der Waals surface area contributed by atoms with Crippen LogP contribution in [0.1, 0.15) is 10.4 Å². The van der Waals surface area contributed by atoms with Crippen molar-refractivity contribution in [3.8, 4) is 17.0 Å². The van der Waals surface area contributed by atoms with Gasteiger partial charge in [0.05, 0.1) is 24.1 Å². The number of fused-ring (bicyclic) bond motifs is 1. The second-order valence-corrected chi connectivity index (χ2v) is 8.18. The van der Waals surface area contributed by atoms with E-state index in [1.165, 1.54) is 16.0 Å². The van der Waals surface area contributed by atoms with Gasteiger partial charge in [0.1, 0.15) is 11.3 Å². The predicted molar refractivity (Wildman–Crippen MR) is 132 cm³/mol. The van der Waals surface area contributed by atoms with Crippen molar-refractivity contribution in [1.29, 1.82) is 0 Å². The van der Waals surface area contributed by atoms with E-state index in [9.17, 15) is 9.59 Å². The lowest BCUT2D eigenvalue weighted by Gasteiger charge is -2.11. The number of hydrogen-bond acceptors (Lipinski definition) is 6. The van der Waals surface area contributed by atoms with Gasteiger partial charge in [-0.3, -0.25) is 10.2 Å². The molecule has 0 spiro atoms. The maximum absolute atomic E-state index is 13.0. The van der Waals surface area contributed by atoms with E-state index in [1.807, 2.05) is 36.4 Å². The normalized spacial score (nSPS) is 11.5. The molecule has 0 aliphatic carbocycles. The second kappa shape index (κ2) is 9.21. The first kappa shape index (κ1) is 21.4. The summed E-state index contributed by atoms with van der Waals surface area (Å²) in [7, 11) is 1.60. The first-order valence-corrected chi connectivity index (χ1v) is 11.3. The minimum atomic E-state index is -0.504. The molecule has 0 fully saturated rings. The highest BCUT2D eigenvalue weighted by Gasteiger charge is 2.17. The Hall–Kier alpha value is -4.43. The molecule has 5 aromatic rings. The topological polar surface area (TPSA) is 85.8 Å². The Morgan fingerprint density at radius 3 is 2.50 bits per heavy atom. The number of carbonyl (C=O) groups excluding carboxylic acids is 1. The van der Waals surface area contributed by atoms with Crippen molar-refractivity contribution in [2.45, 2.75) is 0 Å². The number of amides is 1. The number of benzene rings is 3. The monoisotopic (exact) mass is 469 g/mol. The van der Waals surface area contributed by atoms with Gasteiger partial charge in [-0.1, -0.05) is 36.4 Å². The summed E-state index contributed by atoms with van der Waals surface area (Å²) in [6.45, 7) is 0. The lowest BCUT2D eigenvalue weighted by Crippen LogP contribution is -2.31. The lowest BCUT2D eigenvalue weighted by molar-refractivity contribution is 0.101. The van der Waals surface area contributed by atoms with Gasteiger partial charge < -0.3 is 9.15 Å². The van der Waals surface area contributed by atoms with Crippen LogP contribution >= 0.6 is 11.3 Å². The predicted octanol–water partition coefficient (Wildman–Crippen LogP) is 4.95. The van der Waals surface area contributed by atoms with Crippen LogP contribution in [0.4, 0.5) is 5.69 Å². The van der Waals surface area contributed by atoms with E-state index in [1.54, 1.807) is 61.0 Å². The molecule has 8 heteroatoms. The van der Waals surface area contributed by atoms with Crippen LogP contribution in [0.15, 0.2) is 105 Å². The molecular formula is C26H19N3O4S. The van der Waals surface area contributed by atoms with Gasteiger partial charge in [-0.05, 0) is 48.5 Å². The van der Waals surface area contributed by atoms with E-state index in [4.69, 9.17) is 9.15 Å². The van der Waals surface area contributed by atoms with Crippen molar-refractivity contribution in [3.63, 3.8) is 0 Å². The number of hydrogen-bond donors (Lipinski definition) is 1. The maximum atomic E-state index is 13.0. The SMILES string of the molecule is COc1ccc(N=c2scc(-c3cc4ccccc4oc3=O)n2NC(=O)c2ccccc2)cc1. The van der Waals surface area contributed by atoms with Gasteiger partial charge in [0.25, 0.3) is 5.91 Å². The number of nitrogens with one attached hydrogen (secondary N) is 1. The number of aromatic nitrogens is 1. The average Bonchev–Trinajstić information content (AvgIpc) is 3.26. The minimum Gasteiger partial charge on any atom is -0.497 e. The quantitative estimate of drug-likeness (QED) is 0.369. The molecule has 1 N–H and O–H groups in total. The van der Waals surface area contributed by atoms with E-state index in [2.05, 4.69) is 10.4 Å². The molecule has 0 unspecified atom stereocenters. The van der Waals surface area contributed by atoms with E-state index >= 15 is 0 Å². The first-order chi connectivity index (χ1) is 16.6. The number of ether oxygens (including phenoxy) is 1. The van der Waals surface area contributed by atoms with Gasteiger partial charge in [0, 0.05) is 16.3 Å². The summed E-state index contributed by atoms with van der Waals surface area (Å²) in [5.74, 6) is 0.381. The Bertz CT molecular complexity index is 1600. The molecule has 0 atom stereocenters. The molecule has 2 aromatic heterocycles. The highest BCUT2D eigenvalue weighted by Crippen LogP contribution is 2.22. The summed E-state index contributed by atoms with van der Waals surface area (Å²) in [5.41, 5.74) is 4.81. The number of rotatable bonds is 5. The van der Waals surface area contributed by atoms with Crippen molar-refractivity contribution in [3.05, 3.63) is 111 Å². The third kappa shape index (κ3) is 4.26. The molecule has 1 amide bonds. The number of methoxy groups -OCH3 is 1. The van der Waals surface area contributed by atoms with Crippen molar-refractivity contribution < 1.29 is 13.9 Å². The van der Waals surface area contributed by atoms with E-state index in [-0.39, 0.29) is 5.91 Å². The van der Waals surface area contributed by atoms with Crippen LogP contribution in [-0.2, 0) is 0 Å². The summed E-state index contributed by atoms with van der Waals surface area (Å²) in [6.07, 6.45) is 0. The molecule has 0 saturated carbocycles. The molecule has 0 bridgehead atoms. The maximum Gasteiger partial charge on any atom is 0.345 e. The van der Waals surface area contributed by atoms with Crippen LogP contribution in [0, 0.1) is 0 Å². The van der Waals surface area contributed by atoms with Gasteiger partial charge in [-0.15, -0.1) is 11.3 Å². The molecular weight excluding hydrogens is 450 g/mol. The van der Waals surface area contributed by atoms with E-state index in [0.29, 0.717) is 38.6 Å². The third-order valence-electron chi connectivity index (χ3n) is 5.17. The Balaban J connectivity index is 1.66. The van der Waals surface area contributed by atoms with Crippen molar-refractivity contribution >= 4 is 33.9 Å². The summed E-state index contributed by atoms with van der Waals surface area (Å²) in [5, 5.41) is 2.55. The fourth-order valence-corrected chi connectivity index (χ4v) is 4.31. The van der Waals surface area contributed by atoms with Crippen LogP contribution in [-0.4, -0.2) is 17.7 Å². The zero-order valence-corrected chi connectivity index (χ0v) is 18.9. The molecule has 168 valence electrons. The van der Waals surface area contributed by atoms with Crippen molar-refractivity contribution in [2.24, 2.45) is 4.99 Å². The Kier molecular flexibility index (Phi) is 5.80. The summed E-state index contributed by atoms with van der Waals surface area (Å²) in [4.78, 5) is 31.0. The van der Waals surface area contributed by atoms with Crippen molar-refractivity contribution in [2.75, 3.05) is 12.5 Å². The summed E-state index contributed by atoms with van der Waals surface area (Å²) >= 11 is 1.30.